The molecule has 13 heavy (non-hydrogen) atoms. The number of nitrogens with zero attached hydrogens (tertiary/aromatic N) is 1. The number of carbonyl (C=O) groups excluding carboxylic acids is 1. The van der Waals surface area contributed by atoms with Crippen molar-refractivity contribution in [3.63, 3.8) is 0 Å². The van der Waals surface area contributed by atoms with Crippen molar-refractivity contribution in [2.45, 2.75) is 6.43 Å². The van der Waals surface area contributed by atoms with Crippen molar-refractivity contribution in [3.8, 4) is 0 Å². The average molecular weight is 226 g/mol. The second-order valence-corrected chi connectivity index (χ2v) is 2.92. The van der Waals surface area contributed by atoms with Crippen molar-refractivity contribution in [2.75, 3.05) is 0 Å². The number of alkyl halides is 2. The van der Waals surface area contributed by atoms with E-state index in [2.05, 4.69) is 4.98 Å². The van der Waals surface area contributed by atoms with Gasteiger partial charge in [0.25, 0.3) is 11.7 Å². The van der Waals surface area contributed by atoms with Gasteiger partial charge >= 0.3 is 0 Å². The van der Waals surface area contributed by atoms with E-state index in [-0.39, 0.29) is 10.6 Å². The number of carbonyl (C=O) groups is 1. The molecule has 0 atom stereocenters. The van der Waals surface area contributed by atoms with E-state index >= 15 is 0 Å². The molecule has 0 saturated carbocycles. The summed E-state index contributed by atoms with van der Waals surface area (Å²) in [6, 6.07) is 1.06. The molecule has 0 fully saturated rings. The van der Waals surface area contributed by atoms with Gasteiger partial charge in [-0.2, -0.15) is 0 Å². The van der Waals surface area contributed by atoms with Gasteiger partial charge in [0, 0.05) is 6.20 Å². The third-order valence-electron chi connectivity index (χ3n) is 1.30. The second-order valence-electron chi connectivity index (χ2n) is 2.17. The van der Waals surface area contributed by atoms with Crippen molar-refractivity contribution >= 4 is 28.4 Å². The third kappa shape index (κ3) is 2.35. The number of pyridine rings is 1. The van der Waals surface area contributed by atoms with E-state index in [1.165, 1.54) is 0 Å². The Hall–Kier alpha value is -0.740. The number of halogens is 4. The van der Waals surface area contributed by atoms with E-state index in [0.29, 0.717) is 0 Å². The molecule has 0 aromatic carbocycles. The molecular weight excluding hydrogens is 223 g/mol. The molecule has 0 bridgehead atoms. The summed E-state index contributed by atoms with van der Waals surface area (Å²) in [4.78, 5) is 13.9. The quantitative estimate of drug-likeness (QED) is 0.725. The van der Waals surface area contributed by atoms with Crippen LogP contribution in [0, 0.1) is 0 Å². The Bertz CT molecular complexity index is 343. The lowest BCUT2D eigenvalue weighted by Crippen LogP contribution is -1.96. The van der Waals surface area contributed by atoms with Crippen molar-refractivity contribution < 1.29 is 13.6 Å². The van der Waals surface area contributed by atoms with Gasteiger partial charge in [0.05, 0.1) is 10.6 Å². The first kappa shape index (κ1) is 10.3. The van der Waals surface area contributed by atoms with Gasteiger partial charge in [-0.1, -0.05) is 11.6 Å². The molecule has 0 aliphatic rings. The summed E-state index contributed by atoms with van der Waals surface area (Å²) >= 11 is 10.5. The van der Waals surface area contributed by atoms with Crippen LogP contribution in [0.1, 0.15) is 22.5 Å². The minimum Gasteiger partial charge on any atom is -0.276 e. The summed E-state index contributed by atoms with van der Waals surface area (Å²) in [5.41, 5.74) is -0.556. The molecular formula is C7H3Cl2F2NO. The van der Waals surface area contributed by atoms with E-state index in [4.69, 9.17) is 23.2 Å². The molecule has 0 amide bonds. The fourth-order valence-electron chi connectivity index (χ4n) is 0.717. The Kier molecular flexibility index (Phi) is 3.17. The zero-order valence-electron chi connectivity index (χ0n) is 6.10. The van der Waals surface area contributed by atoms with Gasteiger partial charge in [0.2, 0.25) is 0 Å². The highest BCUT2D eigenvalue weighted by molar-refractivity contribution is 6.67. The highest BCUT2D eigenvalue weighted by Crippen LogP contribution is 2.25. The van der Waals surface area contributed by atoms with E-state index in [9.17, 15) is 13.6 Å². The normalized spacial score (nSPS) is 10.5. The summed E-state index contributed by atoms with van der Waals surface area (Å²) in [6.45, 7) is 0. The van der Waals surface area contributed by atoms with E-state index in [1.54, 1.807) is 0 Å². The minimum absolute atomic E-state index is 0.00364. The molecule has 0 unspecified atom stereocenters. The molecule has 0 spiro atoms. The molecule has 1 aromatic heterocycles. The lowest BCUT2D eigenvalue weighted by Gasteiger charge is -2.01. The highest BCUT2D eigenvalue weighted by atomic mass is 35.5. The first-order chi connectivity index (χ1) is 6.02. The summed E-state index contributed by atoms with van der Waals surface area (Å²) in [7, 11) is 0. The van der Waals surface area contributed by atoms with Crippen molar-refractivity contribution in [3.05, 3.63) is 28.5 Å². The number of hydrogen-bond donors (Lipinski definition) is 0. The molecule has 1 rings (SSSR count). The fourth-order valence-corrected chi connectivity index (χ4v) is 1.07. The van der Waals surface area contributed by atoms with Crippen LogP contribution in [0.15, 0.2) is 12.3 Å². The van der Waals surface area contributed by atoms with Gasteiger partial charge < -0.3 is 0 Å². The van der Waals surface area contributed by atoms with E-state index in [1.807, 2.05) is 0 Å². The van der Waals surface area contributed by atoms with Gasteiger partial charge in [0.15, 0.2) is 0 Å². The summed E-state index contributed by atoms with van der Waals surface area (Å²) in [6.07, 6.45) is -1.80. The van der Waals surface area contributed by atoms with Gasteiger partial charge in [0.1, 0.15) is 5.69 Å². The number of hydrogen-bond acceptors (Lipinski definition) is 2. The molecule has 0 aliphatic carbocycles. The number of aromatic nitrogens is 1. The summed E-state index contributed by atoms with van der Waals surface area (Å²) < 4.78 is 24.2. The molecule has 0 saturated heterocycles. The Labute approximate surface area is 82.5 Å². The van der Waals surface area contributed by atoms with Crippen molar-refractivity contribution in [1.82, 2.24) is 4.98 Å². The largest absolute Gasteiger partial charge is 0.281 e. The van der Waals surface area contributed by atoms with Crippen molar-refractivity contribution in [1.29, 1.82) is 0 Å². The van der Waals surface area contributed by atoms with Crippen LogP contribution < -0.4 is 0 Å². The Morgan fingerprint density at radius 3 is 2.54 bits per heavy atom. The van der Waals surface area contributed by atoms with Crippen LogP contribution in [-0.4, -0.2) is 10.2 Å². The van der Waals surface area contributed by atoms with Gasteiger partial charge in [-0.3, -0.25) is 9.78 Å². The molecule has 0 radical (unpaired) electrons. The van der Waals surface area contributed by atoms with Crippen LogP contribution >= 0.6 is 23.2 Å². The predicted molar refractivity (Wildman–Crippen MR) is 44.4 cm³/mol. The molecule has 2 nitrogen and oxygen atoms in total. The maximum atomic E-state index is 12.1. The van der Waals surface area contributed by atoms with Crippen molar-refractivity contribution in [2.24, 2.45) is 0 Å². The standard InChI is InChI=1S/C7H3Cl2F2NO/c8-4-1-3(6(9)13)2-12-5(4)7(10)11/h1-2,7H. The van der Waals surface area contributed by atoms with Gasteiger partial charge in [-0.05, 0) is 17.7 Å². The second kappa shape index (κ2) is 3.98. The predicted octanol–water partition coefficient (Wildman–Crippen LogP) is 3.05. The molecule has 1 heterocycles. The van der Waals surface area contributed by atoms with Crippen LogP contribution in [0.4, 0.5) is 8.78 Å². The van der Waals surface area contributed by atoms with E-state index in [0.717, 1.165) is 12.3 Å². The van der Waals surface area contributed by atoms with Crippen LogP contribution in [-0.2, 0) is 0 Å². The molecule has 1 aromatic rings. The zero-order valence-corrected chi connectivity index (χ0v) is 7.61. The Morgan fingerprint density at radius 1 is 1.54 bits per heavy atom. The Balaban J connectivity index is 3.13. The molecule has 70 valence electrons. The maximum absolute atomic E-state index is 12.1. The smallest absolute Gasteiger partial charge is 0.276 e. The van der Waals surface area contributed by atoms with E-state index < -0.39 is 17.4 Å². The lowest BCUT2D eigenvalue weighted by atomic mass is 10.2. The van der Waals surface area contributed by atoms with Crippen LogP contribution in [0.5, 0.6) is 0 Å². The lowest BCUT2D eigenvalue weighted by molar-refractivity contribution is 0.108. The molecule has 6 heteroatoms. The number of rotatable bonds is 2. The minimum atomic E-state index is -2.76. The highest BCUT2D eigenvalue weighted by Gasteiger charge is 2.15. The summed E-state index contributed by atoms with van der Waals surface area (Å²) in [5, 5.41) is -1.04. The topological polar surface area (TPSA) is 30.0 Å². The molecule has 0 N–H and O–H groups in total. The SMILES string of the molecule is O=C(Cl)c1cnc(C(F)F)c(Cl)c1. The fraction of sp³-hybridized carbons (Fsp3) is 0.143. The van der Waals surface area contributed by atoms with Gasteiger partial charge in [-0.25, -0.2) is 8.78 Å². The molecule has 0 aliphatic heterocycles. The average Bonchev–Trinajstić information content (AvgIpc) is 2.03. The third-order valence-corrected chi connectivity index (χ3v) is 1.82. The monoisotopic (exact) mass is 225 g/mol. The van der Waals surface area contributed by atoms with Gasteiger partial charge in [-0.15, -0.1) is 0 Å². The summed E-state index contributed by atoms with van der Waals surface area (Å²) in [5.74, 6) is 0. The zero-order chi connectivity index (χ0) is 10.0. The van der Waals surface area contributed by atoms with Crippen LogP contribution in [0.3, 0.4) is 0 Å². The first-order valence-electron chi connectivity index (χ1n) is 3.16. The van der Waals surface area contributed by atoms with Crippen LogP contribution in [0.25, 0.3) is 0 Å². The van der Waals surface area contributed by atoms with Crippen LogP contribution in [0.2, 0.25) is 5.02 Å². The maximum Gasteiger partial charge on any atom is 0.281 e. The Morgan fingerprint density at radius 2 is 2.15 bits per heavy atom. The first-order valence-corrected chi connectivity index (χ1v) is 3.91.